The second-order valence-corrected chi connectivity index (χ2v) is 3.70. The summed E-state index contributed by atoms with van der Waals surface area (Å²) in [6.45, 7) is 0. The van der Waals surface area contributed by atoms with Gasteiger partial charge in [-0.2, -0.15) is 0 Å². The maximum Gasteiger partial charge on any atom is 0.273 e. The average Bonchev–Trinajstić information content (AvgIpc) is 2.41. The van der Waals surface area contributed by atoms with E-state index in [1.165, 1.54) is 37.7 Å². The van der Waals surface area contributed by atoms with Gasteiger partial charge in [0.1, 0.15) is 0 Å². The van der Waals surface area contributed by atoms with Crippen molar-refractivity contribution in [3.63, 3.8) is 0 Å². The molecule has 1 aromatic carbocycles. The van der Waals surface area contributed by atoms with E-state index in [9.17, 15) is 10.1 Å². The minimum Gasteiger partial charge on any atom is -0.493 e. The highest BCUT2D eigenvalue weighted by Gasteiger charge is 2.14. The maximum absolute atomic E-state index is 10.7. The number of hydrogen-bond acceptors (Lipinski definition) is 6. The van der Waals surface area contributed by atoms with Crippen LogP contribution in [0.2, 0.25) is 5.15 Å². The zero-order valence-electron chi connectivity index (χ0n) is 9.74. The van der Waals surface area contributed by atoms with Crippen molar-refractivity contribution in [2.45, 2.75) is 0 Å². The van der Waals surface area contributed by atoms with Crippen LogP contribution >= 0.6 is 11.6 Å². The summed E-state index contributed by atoms with van der Waals surface area (Å²) < 4.78 is 10.4. The van der Waals surface area contributed by atoms with Crippen molar-refractivity contribution in [3.05, 3.63) is 45.9 Å². The van der Waals surface area contributed by atoms with Gasteiger partial charge in [-0.1, -0.05) is 11.6 Å². The SMILES string of the molecule is COc1cc([N+](=O)[O-])ccc1Oc1nccnc1Cl. The average molecular weight is 282 g/mol. The lowest BCUT2D eigenvalue weighted by Gasteiger charge is -2.09. The Hall–Kier alpha value is -2.41. The van der Waals surface area contributed by atoms with Gasteiger partial charge >= 0.3 is 0 Å². The molecular weight excluding hydrogens is 274 g/mol. The van der Waals surface area contributed by atoms with E-state index in [-0.39, 0.29) is 28.2 Å². The van der Waals surface area contributed by atoms with Gasteiger partial charge in [0.05, 0.1) is 18.1 Å². The molecule has 1 aromatic heterocycles. The van der Waals surface area contributed by atoms with Gasteiger partial charge in [0, 0.05) is 18.5 Å². The highest BCUT2D eigenvalue weighted by molar-refractivity contribution is 6.30. The molecule has 0 unspecified atom stereocenters. The minimum absolute atomic E-state index is 0.0860. The van der Waals surface area contributed by atoms with Gasteiger partial charge in [-0.25, -0.2) is 9.97 Å². The van der Waals surface area contributed by atoms with Gasteiger partial charge in [0.25, 0.3) is 11.6 Å². The van der Waals surface area contributed by atoms with Crippen molar-refractivity contribution in [2.24, 2.45) is 0 Å². The molecule has 0 saturated carbocycles. The molecule has 0 atom stereocenters. The molecule has 0 aliphatic rings. The van der Waals surface area contributed by atoms with Gasteiger partial charge in [-0.15, -0.1) is 0 Å². The molecule has 0 aliphatic carbocycles. The lowest BCUT2D eigenvalue weighted by Crippen LogP contribution is -1.95. The number of nitro benzene ring substituents is 1. The fourth-order valence-corrected chi connectivity index (χ4v) is 1.48. The first-order valence-corrected chi connectivity index (χ1v) is 5.46. The smallest absolute Gasteiger partial charge is 0.273 e. The molecule has 2 aromatic rings. The van der Waals surface area contributed by atoms with Crippen molar-refractivity contribution in [3.8, 4) is 17.4 Å². The number of nitrogens with zero attached hydrogens (tertiary/aromatic N) is 3. The first kappa shape index (κ1) is 13.0. The number of halogens is 1. The van der Waals surface area contributed by atoms with Gasteiger partial charge in [0.15, 0.2) is 16.7 Å². The predicted molar refractivity (Wildman–Crippen MR) is 66.8 cm³/mol. The zero-order chi connectivity index (χ0) is 13.8. The molecule has 98 valence electrons. The molecule has 0 N–H and O–H groups in total. The number of methoxy groups -OCH3 is 1. The number of ether oxygens (including phenoxy) is 2. The third-order valence-electron chi connectivity index (χ3n) is 2.19. The molecule has 7 nitrogen and oxygen atoms in total. The van der Waals surface area contributed by atoms with E-state index < -0.39 is 4.92 Å². The Kier molecular flexibility index (Phi) is 3.76. The van der Waals surface area contributed by atoms with E-state index in [1.54, 1.807) is 0 Å². The Balaban J connectivity index is 2.35. The number of nitro groups is 1. The van der Waals surface area contributed by atoms with Crippen molar-refractivity contribution in [2.75, 3.05) is 7.11 Å². The molecular formula is C11H8ClN3O4. The van der Waals surface area contributed by atoms with Crippen LogP contribution in [-0.4, -0.2) is 22.0 Å². The Labute approximate surface area is 112 Å². The van der Waals surface area contributed by atoms with Crippen LogP contribution in [0.15, 0.2) is 30.6 Å². The molecule has 19 heavy (non-hydrogen) atoms. The highest BCUT2D eigenvalue weighted by Crippen LogP contribution is 2.35. The van der Waals surface area contributed by atoms with Crippen LogP contribution in [0.4, 0.5) is 5.69 Å². The maximum atomic E-state index is 10.7. The first-order valence-electron chi connectivity index (χ1n) is 5.08. The second kappa shape index (κ2) is 5.49. The predicted octanol–water partition coefficient (Wildman–Crippen LogP) is 2.84. The highest BCUT2D eigenvalue weighted by atomic mass is 35.5. The Morgan fingerprint density at radius 3 is 2.63 bits per heavy atom. The molecule has 0 fully saturated rings. The Morgan fingerprint density at radius 1 is 1.26 bits per heavy atom. The van der Waals surface area contributed by atoms with Gasteiger partial charge in [-0.3, -0.25) is 10.1 Å². The summed E-state index contributed by atoms with van der Waals surface area (Å²) in [6.07, 6.45) is 2.83. The molecule has 0 radical (unpaired) electrons. The lowest BCUT2D eigenvalue weighted by molar-refractivity contribution is -0.384. The van der Waals surface area contributed by atoms with E-state index in [0.717, 1.165) is 0 Å². The van der Waals surface area contributed by atoms with Crippen LogP contribution < -0.4 is 9.47 Å². The summed E-state index contributed by atoms with van der Waals surface area (Å²) in [6, 6.07) is 3.95. The summed E-state index contributed by atoms with van der Waals surface area (Å²) >= 11 is 5.80. The fraction of sp³-hybridized carbons (Fsp3) is 0.0909. The number of benzene rings is 1. The number of non-ortho nitro benzene ring substituents is 1. The third-order valence-corrected chi connectivity index (χ3v) is 2.45. The molecule has 0 spiro atoms. The number of hydrogen-bond donors (Lipinski definition) is 0. The molecule has 1 heterocycles. The zero-order valence-corrected chi connectivity index (χ0v) is 10.5. The van der Waals surface area contributed by atoms with E-state index >= 15 is 0 Å². The van der Waals surface area contributed by atoms with Crippen LogP contribution in [0.25, 0.3) is 0 Å². The summed E-state index contributed by atoms with van der Waals surface area (Å²) in [5.41, 5.74) is -0.102. The van der Waals surface area contributed by atoms with Crippen LogP contribution in [0.1, 0.15) is 0 Å². The number of rotatable bonds is 4. The van der Waals surface area contributed by atoms with Crippen molar-refractivity contribution >= 4 is 17.3 Å². The second-order valence-electron chi connectivity index (χ2n) is 3.35. The molecule has 0 saturated heterocycles. The van der Waals surface area contributed by atoms with Crippen LogP contribution in [0.5, 0.6) is 17.4 Å². The Morgan fingerprint density at radius 2 is 2.00 bits per heavy atom. The molecule has 0 aliphatic heterocycles. The summed E-state index contributed by atoms with van der Waals surface area (Å²) in [4.78, 5) is 17.8. The van der Waals surface area contributed by atoms with E-state index in [4.69, 9.17) is 21.1 Å². The summed E-state index contributed by atoms with van der Waals surface area (Å²) in [7, 11) is 1.38. The quantitative estimate of drug-likeness (QED) is 0.632. The topological polar surface area (TPSA) is 87.4 Å². The minimum atomic E-state index is -0.526. The standard InChI is InChI=1S/C11H8ClN3O4/c1-18-9-6-7(15(16)17)2-3-8(9)19-11-10(12)13-4-5-14-11/h2-6H,1H3. The fourth-order valence-electron chi connectivity index (χ4n) is 1.34. The van der Waals surface area contributed by atoms with Gasteiger partial charge in [-0.05, 0) is 6.07 Å². The number of aromatic nitrogens is 2. The summed E-state index contributed by atoms with van der Waals surface area (Å²) in [5.74, 6) is 0.558. The molecule has 0 amide bonds. The van der Waals surface area contributed by atoms with Crippen molar-refractivity contribution < 1.29 is 14.4 Å². The van der Waals surface area contributed by atoms with Gasteiger partial charge < -0.3 is 9.47 Å². The van der Waals surface area contributed by atoms with Crippen molar-refractivity contribution in [1.82, 2.24) is 9.97 Å². The first-order chi connectivity index (χ1) is 9.11. The Bertz CT molecular complexity index is 621. The van der Waals surface area contributed by atoms with E-state index in [2.05, 4.69) is 9.97 Å². The normalized spacial score (nSPS) is 10.0. The monoisotopic (exact) mass is 281 g/mol. The van der Waals surface area contributed by atoms with Crippen molar-refractivity contribution in [1.29, 1.82) is 0 Å². The molecule has 0 bridgehead atoms. The molecule has 8 heteroatoms. The van der Waals surface area contributed by atoms with Crippen LogP contribution in [0.3, 0.4) is 0 Å². The van der Waals surface area contributed by atoms with Gasteiger partial charge in [0.2, 0.25) is 0 Å². The van der Waals surface area contributed by atoms with Crippen LogP contribution in [-0.2, 0) is 0 Å². The van der Waals surface area contributed by atoms with E-state index in [1.807, 2.05) is 0 Å². The lowest BCUT2D eigenvalue weighted by atomic mass is 10.3. The molecule has 2 rings (SSSR count). The third kappa shape index (κ3) is 2.89. The van der Waals surface area contributed by atoms with Crippen LogP contribution in [0, 0.1) is 10.1 Å². The summed E-state index contributed by atoms with van der Waals surface area (Å²) in [5, 5.41) is 10.7. The largest absolute Gasteiger partial charge is 0.493 e. The van der Waals surface area contributed by atoms with E-state index in [0.29, 0.717) is 0 Å².